The number of anilines is 3. The topological polar surface area (TPSA) is 134 Å². The van der Waals surface area contributed by atoms with Gasteiger partial charge in [0.1, 0.15) is 11.6 Å². The molecule has 4 rings (SSSR count). The molecule has 11 heteroatoms. The SMILES string of the molecule is C[C@@H]1[C@H](NC(=O)c2ccc(C(C)(C)O)c(F)c2)CCCN1c1cnc(CN)c(Nc2cnn(C)c2)n1. The van der Waals surface area contributed by atoms with Crippen LogP contribution in [0.15, 0.2) is 36.8 Å². The lowest BCUT2D eigenvalue weighted by Gasteiger charge is -2.40. The molecule has 1 amide bonds. The Bertz CT molecular complexity index is 1240. The van der Waals surface area contributed by atoms with Crippen molar-refractivity contribution in [1.82, 2.24) is 25.1 Å². The highest BCUT2D eigenvalue weighted by Crippen LogP contribution is 2.27. The van der Waals surface area contributed by atoms with Crippen LogP contribution in [0.3, 0.4) is 0 Å². The maximum Gasteiger partial charge on any atom is 0.251 e. The van der Waals surface area contributed by atoms with E-state index in [2.05, 4.69) is 25.6 Å². The molecule has 3 aromatic rings. The van der Waals surface area contributed by atoms with Gasteiger partial charge in [-0.05, 0) is 45.7 Å². The first-order valence-electron chi connectivity index (χ1n) is 12.0. The Morgan fingerprint density at radius 3 is 2.75 bits per heavy atom. The maximum absolute atomic E-state index is 14.5. The first-order valence-corrected chi connectivity index (χ1v) is 12.0. The smallest absolute Gasteiger partial charge is 0.251 e. The quantitative estimate of drug-likeness (QED) is 0.392. The molecule has 2 atom stereocenters. The van der Waals surface area contributed by atoms with Gasteiger partial charge in [-0.15, -0.1) is 0 Å². The number of hydrogen-bond acceptors (Lipinski definition) is 8. The molecule has 3 heterocycles. The molecule has 1 aliphatic rings. The van der Waals surface area contributed by atoms with Crippen LogP contribution in [-0.2, 0) is 19.2 Å². The van der Waals surface area contributed by atoms with Gasteiger partial charge in [-0.2, -0.15) is 5.10 Å². The molecule has 192 valence electrons. The Labute approximate surface area is 209 Å². The van der Waals surface area contributed by atoms with E-state index < -0.39 is 11.4 Å². The predicted molar refractivity (Wildman–Crippen MR) is 135 cm³/mol. The van der Waals surface area contributed by atoms with Crippen molar-refractivity contribution >= 4 is 23.2 Å². The number of halogens is 1. The summed E-state index contributed by atoms with van der Waals surface area (Å²) in [5.41, 5.74) is 6.31. The second-order valence-corrected chi connectivity index (χ2v) is 9.67. The van der Waals surface area contributed by atoms with Crippen molar-refractivity contribution in [2.75, 3.05) is 16.8 Å². The van der Waals surface area contributed by atoms with E-state index in [1.165, 1.54) is 32.0 Å². The summed E-state index contributed by atoms with van der Waals surface area (Å²) in [6.45, 7) is 6.02. The highest BCUT2D eigenvalue weighted by atomic mass is 19.1. The van der Waals surface area contributed by atoms with Crippen LogP contribution in [-0.4, -0.2) is 49.4 Å². The van der Waals surface area contributed by atoms with Crippen molar-refractivity contribution in [3.05, 3.63) is 59.4 Å². The lowest BCUT2D eigenvalue weighted by Crippen LogP contribution is -2.54. The van der Waals surface area contributed by atoms with Gasteiger partial charge >= 0.3 is 0 Å². The number of nitrogens with one attached hydrogen (secondary N) is 2. The van der Waals surface area contributed by atoms with Gasteiger partial charge in [-0.3, -0.25) is 14.5 Å². The highest BCUT2D eigenvalue weighted by Gasteiger charge is 2.31. The summed E-state index contributed by atoms with van der Waals surface area (Å²) in [5, 5.41) is 20.5. The maximum atomic E-state index is 14.5. The largest absolute Gasteiger partial charge is 0.386 e. The Morgan fingerprint density at radius 1 is 1.33 bits per heavy atom. The van der Waals surface area contributed by atoms with Crippen LogP contribution in [0.5, 0.6) is 0 Å². The van der Waals surface area contributed by atoms with E-state index in [1.807, 2.05) is 20.2 Å². The Hall–Kier alpha value is -3.57. The average Bonchev–Trinajstić information content (AvgIpc) is 3.24. The normalized spacial score (nSPS) is 18.2. The van der Waals surface area contributed by atoms with Gasteiger partial charge in [0.05, 0.1) is 29.4 Å². The summed E-state index contributed by atoms with van der Waals surface area (Å²) in [5.74, 6) is 0.255. The first-order chi connectivity index (χ1) is 17.1. The van der Waals surface area contributed by atoms with E-state index in [0.29, 0.717) is 17.3 Å². The molecule has 1 fully saturated rings. The number of nitrogens with zero attached hydrogens (tertiary/aromatic N) is 5. The number of hydrogen-bond donors (Lipinski definition) is 4. The van der Waals surface area contributed by atoms with Crippen LogP contribution >= 0.6 is 0 Å². The third-order valence-electron chi connectivity index (χ3n) is 6.49. The Kier molecular flexibility index (Phi) is 7.23. The van der Waals surface area contributed by atoms with Gasteiger partial charge < -0.3 is 26.4 Å². The molecule has 5 N–H and O–H groups in total. The predicted octanol–water partition coefficient (Wildman–Crippen LogP) is 2.57. The van der Waals surface area contributed by atoms with Crippen LogP contribution in [0.25, 0.3) is 0 Å². The molecular formula is C25H33FN8O2. The zero-order valence-electron chi connectivity index (χ0n) is 21.0. The number of piperidine rings is 1. The molecule has 0 radical (unpaired) electrons. The third kappa shape index (κ3) is 5.47. The number of amides is 1. The van der Waals surface area contributed by atoms with E-state index in [9.17, 15) is 14.3 Å². The van der Waals surface area contributed by atoms with Crippen molar-refractivity contribution in [1.29, 1.82) is 0 Å². The van der Waals surface area contributed by atoms with Gasteiger partial charge in [0.15, 0.2) is 5.82 Å². The van der Waals surface area contributed by atoms with Crippen molar-refractivity contribution in [2.24, 2.45) is 12.8 Å². The van der Waals surface area contributed by atoms with Crippen LogP contribution in [0.2, 0.25) is 0 Å². The zero-order valence-corrected chi connectivity index (χ0v) is 21.0. The van der Waals surface area contributed by atoms with Gasteiger partial charge in [0.2, 0.25) is 0 Å². The van der Waals surface area contributed by atoms with Gasteiger partial charge in [0.25, 0.3) is 5.91 Å². The number of benzene rings is 1. The summed E-state index contributed by atoms with van der Waals surface area (Å²) in [7, 11) is 1.83. The van der Waals surface area contributed by atoms with Crippen molar-refractivity contribution < 1.29 is 14.3 Å². The lowest BCUT2D eigenvalue weighted by atomic mass is 9.95. The minimum atomic E-state index is -1.33. The zero-order chi connectivity index (χ0) is 26.0. The third-order valence-corrected chi connectivity index (χ3v) is 6.49. The van der Waals surface area contributed by atoms with Gasteiger partial charge in [-0.1, -0.05) is 6.07 Å². The molecule has 1 aromatic carbocycles. The molecule has 0 aliphatic carbocycles. The first kappa shape index (κ1) is 25.5. The molecule has 36 heavy (non-hydrogen) atoms. The second-order valence-electron chi connectivity index (χ2n) is 9.67. The molecule has 1 saturated heterocycles. The number of aliphatic hydroxyl groups is 1. The van der Waals surface area contributed by atoms with Crippen LogP contribution < -0.4 is 21.3 Å². The fourth-order valence-electron chi connectivity index (χ4n) is 4.48. The summed E-state index contributed by atoms with van der Waals surface area (Å²) in [6, 6.07) is 3.90. The number of aromatic nitrogens is 4. The summed E-state index contributed by atoms with van der Waals surface area (Å²) < 4.78 is 16.2. The molecule has 0 spiro atoms. The fraction of sp³-hybridized carbons (Fsp3) is 0.440. The molecular weight excluding hydrogens is 463 g/mol. The van der Waals surface area contributed by atoms with E-state index in [0.717, 1.165) is 25.1 Å². The fourth-order valence-corrected chi connectivity index (χ4v) is 4.48. The number of carbonyl (C=O) groups is 1. The molecule has 2 aromatic heterocycles. The van der Waals surface area contributed by atoms with E-state index in [4.69, 9.17) is 10.7 Å². The summed E-state index contributed by atoms with van der Waals surface area (Å²) in [6.07, 6.45) is 6.85. The molecule has 0 unspecified atom stereocenters. The number of nitrogens with two attached hydrogens (primary N) is 1. The number of rotatable bonds is 7. The Balaban J connectivity index is 1.50. The van der Waals surface area contributed by atoms with Gasteiger partial charge in [0, 0.05) is 49.5 Å². The van der Waals surface area contributed by atoms with Crippen molar-refractivity contribution in [2.45, 2.75) is 57.8 Å². The lowest BCUT2D eigenvalue weighted by molar-refractivity contribution is 0.0743. The van der Waals surface area contributed by atoms with Crippen molar-refractivity contribution in [3.8, 4) is 0 Å². The molecule has 0 bridgehead atoms. The number of carbonyl (C=O) groups excluding carboxylic acids is 1. The summed E-state index contributed by atoms with van der Waals surface area (Å²) in [4.78, 5) is 24.3. The van der Waals surface area contributed by atoms with E-state index >= 15 is 0 Å². The average molecular weight is 497 g/mol. The minimum Gasteiger partial charge on any atom is -0.386 e. The molecule has 10 nitrogen and oxygen atoms in total. The standard InChI is InChI=1S/C25H33FN8O2/c1-15-20(31-24(35)16-7-8-18(19(26)10-16)25(2,3)36)6-5-9-34(15)22-13-28-21(11-27)23(32-22)30-17-12-29-33(4)14-17/h7-8,10,12-15,20,36H,5-6,9,11,27H2,1-4H3,(H,30,32)(H,31,35)/t15-,20-/m1/s1. The van der Waals surface area contributed by atoms with E-state index in [-0.39, 0.29) is 35.7 Å². The Morgan fingerprint density at radius 2 is 2.11 bits per heavy atom. The van der Waals surface area contributed by atoms with Crippen LogP contribution in [0, 0.1) is 5.82 Å². The molecule has 1 aliphatic heterocycles. The van der Waals surface area contributed by atoms with Crippen LogP contribution in [0.4, 0.5) is 21.7 Å². The minimum absolute atomic E-state index is 0.0764. The van der Waals surface area contributed by atoms with E-state index in [1.54, 1.807) is 17.1 Å². The monoisotopic (exact) mass is 496 g/mol. The van der Waals surface area contributed by atoms with Gasteiger partial charge in [-0.25, -0.2) is 9.37 Å². The highest BCUT2D eigenvalue weighted by molar-refractivity contribution is 5.94. The molecule has 0 saturated carbocycles. The number of aryl methyl sites for hydroxylation is 1. The van der Waals surface area contributed by atoms with Crippen molar-refractivity contribution in [3.63, 3.8) is 0 Å². The van der Waals surface area contributed by atoms with Crippen LogP contribution in [0.1, 0.15) is 55.2 Å². The summed E-state index contributed by atoms with van der Waals surface area (Å²) >= 11 is 0. The second kappa shape index (κ2) is 10.2.